The minimum atomic E-state index is 0.597. The number of nitrogens with zero attached hydrogens (tertiary/aromatic N) is 2. The lowest BCUT2D eigenvalue weighted by molar-refractivity contribution is -0.0885. The van der Waals surface area contributed by atoms with Gasteiger partial charge in [0.15, 0.2) is 0 Å². The Morgan fingerprint density at radius 3 is 1.60 bits per heavy atom. The summed E-state index contributed by atoms with van der Waals surface area (Å²) in [5.41, 5.74) is 1.31. The molecule has 0 aromatic rings. The molecular formula is C18H34N2. The average molecular weight is 278 g/mol. The fraction of sp³-hybridized carbons (Fsp3) is 1.00. The molecule has 1 heterocycles. The Hall–Kier alpha value is -0.0800. The molecule has 0 aromatic heterocycles. The maximum Gasteiger partial charge on any atom is 0.0211 e. The highest BCUT2D eigenvalue weighted by Crippen LogP contribution is 2.57. The van der Waals surface area contributed by atoms with Gasteiger partial charge < -0.3 is 0 Å². The average Bonchev–Trinajstić information content (AvgIpc) is 2.49. The molecule has 3 saturated carbocycles. The highest BCUT2D eigenvalue weighted by atomic mass is 15.3. The van der Waals surface area contributed by atoms with Gasteiger partial charge in [0.05, 0.1) is 0 Å². The molecule has 4 fully saturated rings. The van der Waals surface area contributed by atoms with Crippen LogP contribution < -0.4 is 0 Å². The topological polar surface area (TPSA) is 6.48 Å². The van der Waals surface area contributed by atoms with E-state index in [0.717, 1.165) is 12.0 Å². The van der Waals surface area contributed by atoms with Crippen molar-refractivity contribution in [1.82, 2.24) is 9.80 Å². The van der Waals surface area contributed by atoms with Gasteiger partial charge in [-0.1, -0.05) is 13.8 Å². The van der Waals surface area contributed by atoms with E-state index in [4.69, 9.17) is 0 Å². The second-order valence-corrected chi connectivity index (χ2v) is 8.36. The van der Waals surface area contributed by atoms with E-state index in [1.54, 1.807) is 0 Å². The van der Waals surface area contributed by atoms with Gasteiger partial charge in [-0.2, -0.15) is 0 Å². The third-order valence-electron chi connectivity index (χ3n) is 7.20. The lowest BCUT2D eigenvalue weighted by Gasteiger charge is -2.60. The van der Waals surface area contributed by atoms with Crippen molar-refractivity contribution in [2.24, 2.45) is 11.3 Å². The van der Waals surface area contributed by atoms with Crippen LogP contribution in [0, 0.1) is 11.3 Å². The molecule has 0 aromatic carbocycles. The lowest BCUT2D eigenvalue weighted by Crippen LogP contribution is -2.62. The summed E-state index contributed by atoms with van der Waals surface area (Å²) in [7, 11) is 0. The van der Waals surface area contributed by atoms with Crippen molar-refractivity contribution >= 4 is 0 Å². The maximum atomic E-state index is 2.88. The van der Waals surface area contributed by atoms with E-state index in [0.29, 0.717) is 11.0 Å². The third-order valence-corrected chi connectivity index (χ3v) is 7.20. The fourth-order valence-corrected chi connectivity index (χ4v) is 5.25. The SMILES string of the molecule is CC(C)N1CCN(C23CCC(C(C)C)(CC2)CC3)CC1. The lowest BCUT2D eigenvalue weighted by atomic mass is 9.53. The maximum absolute atomic E-state index is 2.88. The molecule has 0 amide bonds. The van der Waals surface area contributed by atoms with Gasteiger partial charge in [-0.05, 0) is 63.7 Å². The first kappa shape index (κ1) is 14.8. The third kappa shape index (κ3) is 2.33. The normalized spacial score (nSPS) is 39.9. The van der Waals surface area contributed by atoms with E-state index in [1.165, 1.54) is 64.7 Å². The van der Waals surface area contributed by atoms with Crippen molar-refractivity contribution in [2.75, 3.05) is 26.2 Å². The second-order valence-electron chi connectivity index (χ2n) is 8.36. The monoisotopic (exact) mass is 278 g/mol. The van der Waals surface area contributed by atoms with Crippen LogP contribution in [0.25, 0.3) is 0 Å². The van der Waals surface area contributed by atoms with Gasteiger partial charge in [-0.15, -0.1) is 0 Å². The van der Waals surface area contributed by atoms with Crippen LogP contribution in [0.5, 0.6) is 0 Å². The molecule has 0 atom stereocenters. The highest BCUT2D eigenvalue weighted by molar-refractivity contribution is 5.06. The molecule has 2 heteroatoms. The van der Waals surface area contributed by atoms with Crippen molar-refractivity contribution in [2.45, 2.75) is 77.8 Å². The van der Waals surface area contributed by atoms with Crippen LogP contribution in [0.1, 0.15) is 66.2 Å². The summed E-state index contributed by atoms with van der Waals surface area (Å²) in [4.78, 5) is 5.53. The summed E-state index contributed by atoms with van der Waals surface area (Å²) in [5.74, 6) is 0.888. The summed E-state index contributed by atoms with van der Waals surface area (Å²) in [6, 6.07) is 0.723. The predicted molar refractivity (Wildman–Crippen MR) is 86.0 cm³/mol. The molecular weight excluding hydrogens is 244 g/mol. The molecule has 4 rings (SSSR count). The Morgan fingerprint density at radius 1 is 0.700 bits per heavy atom. The first-order valence-electron chi connectivity index (χ1n) is 8.97. The zero-order valence-corrected chi connectivity index (χ0v) is 14.1. The van der Waals surface area contributed by atoms with Gasteiger partial charge in [-0.25, -0.2) is 0 Å². The first-order chi connectivity index (χ1) is 9.47. The van der Waals surface area contributed by atoms with Crippen molar-refractivity contribution < 1.29 is 0 Å². The molecule has 1 saturated heterocycles. The Morgan fingerprint density at radius 2 is 1.20 bits per heavy atom. The van der Waals surface area contributed by atoms with E-state index in [1.807, 2.05) is 0 Å². The van der Waals surface area contributed by atoms with Gasteiger partial charge in [0.2, 0.25) is 0 Å². The number of hydrogen-bond acceptors (Lipinski definition) is 2. The van der Waals surface area contributed by atoms with Gasteiger partial charge in [0.25, 0.3) is 0 Å². The van der Waals surface area contributed by atoms with Crippen LogP contribution >= 0.6 is 0 Å². The number of rotatable bonds is 3. The Kier molecular flexibility index (Phi) is 3.92. The zero-order valence-electron chi connectivity index (χ0n) is 14.1. The molecule has 2 nitrogen and oxygen atoms in total. The summed E-state index contributed by atoms with van der Waals surface area (Å²) in [5, 5.41) is 0. The molecule has 0 spiro atoms. The molecule has 2 bridgehead atoms. The van der Waals surface area contributed by atoms with Gasteiger partial charge in [0, 0.05) is 37.8 Å². The molecule has 20 heavy (non-hydrogen) atoms. The van der Waals surface area contributed by atoms with Crippen molar-refractivity contribution in [3.05, 3.63) is 0 Å². The van der Waals surface area contributed by atoms with Crippen molar-refractivity contribution in [3.8, 4) is 0 Å². The molecule has 0 N–H and O–H groups in total. The van der Waals surface area contributed by atoms with E-state index in [2.05, 4.69) is 37.5 Å². The van der Waals surface area contributed by atoms with Crippen molar-refractivity contribution in [1.29, 1.82) is 0 Å². The molecule has 1 aliphatic heterocycles. The quantitative estimate of drug-likeness (QED) is 0.775. The van der Waals surface area contributed by atoms with Crippen LogP contribution in [-0.4, -0.2) is 47.6 Å². The molecule has 0 unspecified atom stereocenters. The fourth-order valence-electron chi connectivity index (χ4n) is 5.25. The van der Waals surface area contributed by atoms with Gasteiger partial charge in [-0.3, -0.25) is 9.80 Å². The minimum Gasteiger partial charge on any atom is -0.298 e. The Balaban J connectivity index is 1.63. The minimum absolute atomic E-state index is 0.597. The van der Waals surface area contributed by atoms with E-state index >= 15 is 0 Å². The van der Waals surface area contributed by atoms with Crippen molar-refractivity contribution in [3.63, 3.8) is 0 Å². The Bertz CT molecular complexity index is 315. The van der Waals surface area contributed by atoms with E-state index < -0.39 is 0 Å². The van der Waals surface area contributed by atoms with Crippen LogP contribution in [-0.2, 0) is 0 Å². The first-order valence-corrected chi connectivity index (χ1v) is 8.97. The van der Waals surface area contributed by atoms with Crippen LogP contribution in [0.2, 0.25) is 0 Å². The molecule has 0 radical (unpaired) electrons. The van der Waals surface area contributed by atoms with Crippen LogP contribution in [0.15, 0.2) is 0 Å². The van der Waals surface area contributed by atoms with Crippen LogP contribution in [0.3, 0.4) is 0 Å². The van der Waals surface area contributed by atoms with Gasteiger partial charge in [0.1, 0.15) is 0 Å². The van der Waals surface area contributed by atoms with E-state index in [-0.39, 0.29) is 0 Å². The summed E-state index contributed by atoms with van der Waals surface area (Å²) >= 11 is 0. The largest absolute Gasteiger partial charge is 0.298 e. The summed E-state index contributed by atoms with van der Waals surface area (Å²) < 4.78 is 0. The summed E-state index contributed by atoms with van der Waals surface area (Å²) in [6.45, 7) is 14.8. The van der Waals surface area contributed by atoms with Gasteiger partial charge >= 0.3 is 0 Å². The Labute approximate surface area is 125 Å². The zero-order chi connectivity index (χ0) is 14.4. The highest BCUT2D eigenvalue weighted by Gasteiger charge is 2.52. The number of fused-ring (bicyclic) bond motifs is 3. The molecule has 116 valence electrons. The van der Waals surface area contributed by atoms with E-state index in [9.17, 15) is 0 Å². The number of hydrogen-bond donors (Lipinski definition) is 0. The predicted octanol–water partition coefficient (Wildman–Crippen LogP) is 3.76. The number of piperazine rings is 1. The molecule has 4 aliphatic rings. The summed E-state index contributed by atoms with van der Waals surface area (Å²) in [6.07, 6.45) is 8.92. The second kappa shape index (κ2) is 5.28. The van der Waals surface area contributed by atoms with Crippen LogP contribution in [0.4, 0.5) is 0 Å². The molecule has 3 aliphatic carbocycles. The smallest absolute Gasteiger partial charge is 0.0211 e. The standard InChI is InChI=1S/C18H34N2/c1-15(2)17-5-8-18(9-6-17,10-7-17)20-13-11-19(12-14-20)16(3)4/h15-16H,5-14H2,1-4H3.